The van der Waals surface area contributed by atoms with Crippen molar-refractivity contribution in [3.05, 3.63) is 30.3 Å². The van der Waals surface area contributed by atoms with E-state index in [2.05, 4.69) is 33.5 Å². The van der Waals surface area contributed by atoms with Crippen molar-refractivity contribution in [1.82, 2.24) is 5.43 Å². The van der Waals surface area contributed by atoms with Crippen molar-refractivity contribution in [3.8, 4) is 0 Å². The molecule has 0 fully saturated rings. The summed E-state index contributed by atoms with van der Waals surface area (Å²) < 4.78 is 6.58. The molecule has 0 spiro atoms. The first-order chi connectivity index (χ1) is 5.84. The van der Waals surface area contributed by atoms with E-state index in [9.17, 15) is 0 Å². The van der Waals surface area contributed by atoms with Gasteiger partial charge in [-0.05, 0) is 0 Å². The Morgan fingerprint density at radius 2 is 2.08 bits per heavy atom. The molecule has 1 unspecified atom stereocenters. The average molecular weight is 272 g/mol. The monoisotopic (exact) mass is 272 g/mol. The first-order valence-corrected chi connectivity index (χ1v) is 4.58. The number of anilines is 1. The number of para-hydroxylation sites is 1. The van der Waals surface area contributed by atoms with Gasteiger partial charge in [0.2, 0.25) is 0 Å². The predicted octanol–water partition coefficient (Wildman–Crippen LogP) is 1.22. The normalized spacial score (nSPS) is 9.92. The molecule has 1 aromatic carbocycles. The summed E-state index contributed by atoms with van der Waals surface area (Å²) in [5.74, 6) is 0. The van der Waals surface area contributed by atoms with Crippen molar-refractivity contribution in [2.75, 3.05) is 11.5 Å². The standard InChI is InChI=1S/C7H10N2OP.Rh/c10-6-8-9(11)7-4-2-1-3-5-7;/h1-5,8H,6,11H2;/q-1;+1. The van der Waals surface area contributed by atoms with Crippen molar-refractivity contribution in [3.63, 3.8) is 0 Å². The van der Waals surface area contributed by atoms with Crippen LogP contribution in [0.3, 0.4) is 0 Å². The zero-order valence-electron chi connectivity index (χ0n) is 6.36. The minimum atomic E-state index is 0.450. The van der Waals surface area contributed by atoms with Crippen molar-refractivity contribution in [2.45, 2.75) is 0 Å². The molecule has 0 saturated carbocycles. The van der Waals surface area contributed by atoms with Crippen LogP contribution in [-0.4, -0.2) is 6.73 Å². The molecule has 0 aliphatic heterocycles. The Balaban J connectivity index is 2.48. The molecule has 1 N–H and O–H groups in total. The Bertz CT molecular complexity index is 222. The van der Waals surface area contributed by atoms with E-state index in [1.807, 2.05) is 35.1 Å². The molecule has 1 atom stereocenters. The van der Waals surface area contributed by atoms with Gasteiger partial charge in [-0.25, -0.2) is 0 Å². The molecule has 3 nitrogen and oxygen atoms in total. The second-order valence-electron chi connectivity index (χ2n) is 2.10. The number of hydrazine groups is 1. The van der Waals surface area contributed by atoms with Crippen molar-refractivity contribution in [1.29, 1.82) is 0 Å². The molecular weight excluding hydrogens is 262 g/mol. The van der Waals surface area contributed by atoms with E-state index < -0.39 is 0 Å². The van der Waals surface area contributed by atoms with E-state index in [4.69, 9.17) is 3.56 Å². The van der Waals surface area contributed by atoms with Crippen LogP contribution in [0, 0.1) is 0 Å². The van der Waals surface area contributed by atoms with Crippen LogP contribution in [0.4, 0.5) is 5.69 Å². The third-order valence-electron chi connectivity index (χ3n) is 1.32. The van der Waals surface area contributed by atoms with E-state index in [1.165, 1.54) is 0 Å². The predicted molar refractivity (Wildman–Crippen MR) is 47.7 cm³/mol. The van der Waals surface area contributed by atoms with Crippen molar-refractivity contribution in [2.24, 2.45) is 0 Å². The summed E-state index contributed by atoms with van der Waals surface area (Å²) >= 11 is 2.35. The van der Waals surface area contributed by atoms with Gasteiger partial charge in [-0.15, -0.1) is 0 Å². The molecule has 0 radical (unpaired) electrons. The molecule has 0 bridgehead atoms. The number of hydrogen-bond acceptors (Lipinski definition) is 3. The molecule has 12 heavy (non-hydrogen) atoms. The van der Waals surface area contributed by atoms with Crippen molar-refractivity contribution >= 4 is 15.1 Å². The van der Waals surface area contributed by atoms with Gasteiger partial charge in [0.1, 0.15) is 0 Å². The maximum atomic E-state index is 4.76. The van der Waals surface area contributed by atoms with E-state index >= 15 is 0 Å². The van der Waals surface area contributed by atoms with Gasteiger partial charge in [0.05, 0.1) is 0 Å². The maximum absolute atomic E-state index is 4.76. The van der Waals surface area contributed by atoms with Gasteiger partial charge in [-0.2, -0.15) is 0 Å². The van der Waals surface area contributed by atoms with E-state index in [1.54, 1.807) is 0 Å². The molecule has 68 valence electrons. The molecule has 0 heterocycles. The van der Waals surface area contributed by atoms with Gasteiger partial charge < -0.3 is 0 Å². The summed E-state index contributed by atoms with van der Waals surface area (Å²) in [5.41, 5.74) is 4.07. The fourth-order valence-corrected chi connectivity index (χ4v) is 1.12. The molecule has 0 aliphatic rings. The van der Waals surface area contributed by atoms with Crippen LogP contribution in [0.25, 0.3) is 0 Å². The van der Waals surface area contributed by atoms with E-state index in [0.717, 1.165) is 5.69 Å². The quantitative estimate of drug-likeness (QED) is 0.386. The van der Waals surface area contributed by atoms with Gasteiger partial charge in [0.15, 0.2) is 0 Å². The van der Waals surface area contributed by atoms with Crippen LogP contribution in [-0.2, 0) is 22.2 Å². The van der Waals surface area contributed by atoms with Gasteiger partial charge in [0.25, 0.3) is 0 Å². The van der Waals surface area contributed by atoms with E-state index in [0.29, 0.717) is 6.73 Å². The van der Waals surface area contributed by atoms with Gasteiger partial charge in [0, 0.05) is 0 Å². The summed E-state index contributed by atoms with van der Waals surface area (Å²) in [5, 5.41) is 0. The van der Waals surface area contributed by atoms with Crippen LogP contribution in [0.5, 0.6) is 0 Å². The SMILES string of the molecule is PN(NC[O][Rh])c1ccccc1. The Labute approximate surface area is 84.8 Å². The van der Waals surface area contributed by atoms with Gasteiger partial charge in [-0.1, -0.05) is 0 Å². The average Bonchev–Trinajstić information content (AvgIpc) is 2.15. The summed E-state index contributed by atoms with van der Waals surface area (Å²) in [6, 6.07) is 9.94. The van der Waals surface area contributed by atoms with Crippen LogP contribution >= 0.6 is 9.39 Å². The number of nitrogens with zero attached hydrogens (tertiary/aromatic N) is 1. The molecule has 1 aromatic rings. The summed E-state index contributed by atoms with van der Waals surface area (Å²) in [6.45, 7) is 0.450. The summed E-state index contributed by atoms with van der Waals surface area (Å²) in [4.78, 5) is 0. The fourth-order valence-electron chi connectivity index (χ4n) is 0.771. The summed E-state index contributed by atoms with van der Waals surface area (Å²) in [6.07, 6.45) is 0. The molecule has 0 amide bonds. The molecular formula is C7H10N2OPRh. The molecule has 0 saturated heterocycles. The topological polar surface area (TPSA) is 24.5 Å². The Hall–Kier alpha value is -0.00662. The Morgan fingerprint density at radius 1 is 1.42 bits per heavy atom. The van der Waals surface area contributed by atoms with E-state index in [-0.39, 0.29) is 0 Å². The van der Waals surface area contributed by atoms with Crippen LogP contribution in [0.2, 0.25) is 0 Å². The first-order valence-electron chi connectivity index (χ1n) is 3.39. The van der Waals surface area contributed by atoms with Crippen LogP contribution in [0.15, 0.2) is 30.3 Å². The van der Waals surface area contributed by atoms with Gasteiger partial charge >= 0.3 is 84.6 Å². The second-order valence-corrected chi connectivity index (χ2v) is 3.09. The Morgan fingerprint density at radius 3 is 2.67 bits per heavy atom. The molecule has 0 aromatic heterocycles. The number of benzene rings is 1. The molecule has 0 aliphatic carbocycles. The van der Waals surface area contributed by atoms with Crippen LogP contribution in [0.1, 0.15) is 0 Å². The number of nitrogens with one attached hydrogen (secondary N) is 1. The zero-order chi connectivity index (χ0) is 8.81. The Kier molecular flexibility index (Phi) is 4.71. The van der Waals surface area contributed by atoms with Crippen molar-refractivity contribution < 1.29 is 22.2 Å². The summed E-state index contributed by atoms with van der Waals surface area (Å²) in [7, 11) is 2.55. The van der Waals surface area contributed by atoms with Gasteiger partial charge in [-0.3, -0.25) is 0 Å². The second kappa shape index (κ2) is 5.61. The number of rotatable bonds is 4. The molecule has 1 rings (SSSR count). The first kappa shape index (κ1) is 10.1. The minimum absolute atomic E-state index is 0.450. The molecule has 5 heteroatoms. The number of hydrogen-bond donors (Lipinski definition) is 1. The third kappa shape index (κ3) is 3.16. The van der Waals surface area contributed by atoms with Crippen LogP contribution < -0.4 is 10.2 Å². The third-order valence-corrected chi connectivity index (χ3v) is 2.03. The fraction of sp³-hybridized carbons (Fsp3) is 0.143. The zero-order valence-corrected chi connectivity index (χ0v) is 9.15.